The average molecular weight is 611 g/mol. The highest BCUT2D eigenvalue weighted by Gasteiger charge is 2.35. The standard InChI is InChI=1S/C45H30O/c1-45(2)38-18-10-9-13-31(38)36-25-28(19-22-39(36)45)42-32-14-5-7-16-34(32)43(35-17-8-6-15-33(35)42)29-21-23-40-37(26-29)44-30-12-4-3-11-27(30)20-24-41(44)46-40/h3-26H,1-2H3/i3D,4D,5D,6D,7D,8D,9D,10D,11D,12D,13D,14D,15D,16D,17D,18D,19D,20D,21D,22D,23D,24D,25D,26D. The Hall–Kier alpha value is -5.66. The first kappa shape index (κ1) is 11.6. The second kappa shape index (κ2) is 9.19. The van der Waals surface area contributed by atoms with E-state index < -0.39 is 222 Å². The van der Waals surface area contributed by atoms with Crippen LogP contribution in [0.5, 0.6) is 0 Å². The van der Waals surface area contributed by atoms with Gasteiger partial charge in [0.2, 0.25) is 0 Å². The van der Waals surface area contributed by atoms with Gasteiger partial charge >= 0.3 is 0 Å². The van der Waals surface area contributed by atoms with Crippen LogP contribution in [0, 0.1) is 0 Å². The van der Waals surface area contributed by atoms with Gasteiger partial charge in [0.05, 0.1) is 32.9 Å². The molecule has 0 unspecified atom stereocenters. The minimum atomic E-state index is -1.43. The molecule has 0 aliphatic heterocycles. The molecule has 9 aromatic rings. The van der Waals surface area contributed by atoms with E-state index in [1.165, 1.54) is 0 Å². The third-order valence-corrected chi connectivity index (χ3v) is 8.57. The highest BCUT2D eigenvalue weighted by molar-refractivity contribution is 6.23. The molecule has 1 aromatic heterocycles. The van der Waals surface area contributed by atoms with Crippen molar-refractivity contribution in [1.29, 1.82) is 0 Å². The molecule has 10 rings (SSSR count). The molecular weight excluding hydrogens is 556 g/mol. The zero-order valence-corrected chi connectivity index (χ0v) is 23.9. The predicted octanol–water partition coefficient (Wildman–Crippen LogP) is 12.7. The molecule has 46 heavy (non-hydrogen) atoms. The van der Waals surface area contributed by atoms with E-state index in [-0.39, 0.29) is 27.6 Å². The summed E-state index contributed by atoms with van der Waals surface area (Å²) in [4.78, 5) is 0. The first-order chi connectivity index (χ1) is 32.6. The maximum absolute atomic E-state index is 9.90. The molecule has 0 N–H and O–H groups in total. The van der Waals surface area contributed by atoms with Crippen LogP contribution in [0.15, 0.2) is 149 Å². The lowest BCUT2D eigenvalue weighted by Crippen LogP contribution is -2.14. The zero-order chi connectivity index (χ0) is 51.5. The van der Waals surface area contributed by atoms with Crippen LogP contribution in [0.1, 0.15) is 57.9 Å². The predicted molar refractivity (Wildman–Crippen MR) is 195 cm³/mol. The molecule has 0 fully saturated rings. The van der Waals surface area contributed by atoms with Gasteiger partial charge in [-0.05, 0) is 101 Å². The molecule has 0 radical (unpaired) electrons. The van der Waals surface area contributed by atoms with E-state index in [2.05, 4.69) is 0 Å². The van der Waals surface area contributed by atoms with Crippen molar-refractivity contribution < 1.29 is 37.3 Å². The van der Waals surface area contributed by atoms with Gasteiger partial charge in [0.15, 0.2) is 0 Å². The number of hydrogen-bond donors (Lipinski definition) is 0. The van der Waals surface area contributed by atoms with Gasteiger partial charge in [-0.25, -0.2) is 0 Å². The lowest BCUT2D eigenvalue weighted by molar-refractivity contribution is 0.660. The summed E-state index contributed by atoms with van der Waals surface area (Å²) < 4.78 is 224. The fourth-order valence-electron chi connectivity index (χ4n) is 6.48. The first-order valence-corrected chi connectivity index (χ1v) is 14.2. The van der Waals surface area contributed by atoms with E-state index in [9.17, 15) is 13.7 Å². The third-order valence-electron chi connectivity index (χ3n) is 8.57. The monoisotopic (exact) mass is 610 g/mol. The van der Waals surface area contributed by atoms with E-state index in [1.807, 2.05) is 0 Å². The largest absolute Gasteiger partial charge is 0.456 e. The van der Waals surface area contributed by atoms with Crippen LogP contribution in [0.4, 0.5) is 0 Å². The molecular formula is C45H30O. The lowest BCUT2D eigenvalue weighted by atomic mass is 9.81. The van der Waals surface area contributed by atoms with Crippen molar-refractivity contribution in [2.24, 2.45) is 0 Å². The van der Waals surface area contributed by atoms with E-state index in [0.29, 0.717) is 0 Å². The Morgan fingerprint density at radius 3 is 1.72 bits per heavy atom. The van der Waals surface area contributed by atoms with Crippen molar-refractivity contribution in [2.45, 2.75) is 19.3 Å². The number of benzene rings is 8. The Kier molecular flexibility index (Phi) is 2.32. The van der Waals surface area contributed by atoms with Crippen LogP contribution in [0.2, 0.25) is 0 Å². The van der Waals surface area contributed by atoms with Crippen LogP contribution >= 0.6 is 0 Å². The minimum Gasteiger partial charge on any atom is -0.456 e. The van der Waals surface area contributed by atoms with Crippen LogP contribution in [-0.2, 0) is 5.41 Å². The molecule has 0 bridgehead atoms. The van der Waals surface area contributed by atoms with Crippen molar-refractivity contribution in [1.82, 2.24) is 0 Å². The summed E-state index contributed by atoms with van der Waals surface area (Å²) in [5.74, 6) is 0. The first-order valence-electron chi connectivity index (χ1n) is 26.2. The molecule has 8 aromatic carbocycles. The second-order valence-electron chi connectivity index (χ2n) is 11.4. The second-order valence-corrected chi connectivity index (χ2v) is 11.4. The summed E-state index contributed by atoms with van der Waals surface area (Å²) in [6.45, 7) is 3.10. The van der Waals surface area contributed by atoms with Crippen LogP contribution < -0.4 is 0 Å². The zero-order valence-electron chi connectivity index (χ0n) is 47.9. The Bertz CT molecular complexity index is 4000. The van der Waals surface area contributed by atoms with Crippen LogP contribution in [-0.4, -0.2) is 0 Å². The molecule has 0 amide bonds. The summed E-state index contributed by atoms with van der Waals surface area (Å²) in [6.07, 6.45) is 0. The van der Waals surface area contributed by atoms with E-state index in [4.69, 9.17) is 23.6 Å². The third kappa shape index (κ3) is 3.40. The van der Waals surface area contributed by atoms with Crippen molar-refractivity contribution in [3.63, 3.8) is 0 Å². The van der Waals surface area contributed by atoms with Gasteiger partial charge in [-0.1, -0.05) is 135 Å². The maximum atomic E-state index is 9.90. The molecule has 0 saturated heterocycles. The van der Waals surface area contributed by atoms with Crippen molar-refractivity contribution in [3.05, 3.63) is 156 Å². The molecule has 216 valence electrons. The maximum Gasteiger partial charge on any atom is 0.136 e. The van der Waals surface area contributed by atoms with Crippen LogP contribution in [0.25, 0.3) is 87.6 Å². The van der Waals surface area contributed by atoms with E-state index >= 15 is 0 Å². The Morgan fingerprint density at radius 2 is 1.00 bits per heavy atom. The molecule has 1 aliphatic carbocycles. The van der Waals surface area contributed by atoms with Gasteiger partial charge in [0, 0.05) is 16.2 Å². The smallest absolute Gasteiger partial charge is 0.136 e. The van der Waals surface area contributed by atoms with Gasteiger partial charge < -0.3 is 4.42 Å². The van der Waals surface area contributed by atoms with Gasteiger partial charge in [-0.15, -0.1) is 0 Å². The van der Waals surface area contributed by atoms with Crippen molar-refractivity contribution >= 4 is 54.3 Å². The van der Waals surface area contributed by atoms with Gasteiger partial charge in [0.25, 0.3) is 0 Å². The normalized spacial score (nSPS) is 20.9. The Balaban J connectivity index is 1.51. The van der Waals surface area contributed by atoms with Gasteiger partial charge in [-0.2, -0.15) is 0 Å². The molecule has 1 aliphatic rings. The highest BCUT2D eigenvalue weighted by atomic mass is 16.3. The number of fused-ring (bicyclic) bond motifs is 10. The van der Waals surface area contributed by atoms with Crippen molar-refractivity contribution in [3.8, 4) is 33.4 Å². The lowest BCUT2D eigenvalue weighted by Gasteiger charge is -2.22. The minimum absolute atomic E-state index is 0.0000896. The topological polar surface area (TPSA) is 13.1 Å². The summed E-state index contributed by atoms with van der Waals surface area (Å²) in [5.41, 5.74) is -5.51. The molecule has 0 spiro atoms. The molecule has 1 heterocycles. The summed E-state index contributed by atoms with van der Waals surface area (Å²) in [7, 11) is 0. The van der Waals surface area contributed by atoms with E-state index in [1.54, 1.807) is 13.8 Å². The highest BCUT2D eigenvalue weighted by Crippen LogP contribution is 2.51. The summed E-state index contributed by atoms with van der Waals surface area (Å²) in [6, 6.07) is -18.7. The molecule has 1 heteroatoms. The Morgan fingerprint density at radius 1 is 0.457 bits per heavy atom. The van der Waals surface area contributed by atoms with E-state index in [0.717, 1.165) is 0 Å². The number of rotatable bonds is 2. The van der Waals surface area contributed by atoms with Gasteiger partial charge in [0.1, 0.15) is 11.2 Å². The summed E-state index contributed by atoms with van der Waals surface area (Å²) >= 11 is 0. The number of furan rings is 1. The average Bonchev–Trinajstić information content (AvgIpc) is 3.84. The van der Waals surface area contributed by atoms with Crippen molar-refractivity contribution in [2.75, 3.05) is 0 Å². The van der Waals surface area contributed by atoms with Gasteiger partial charge in [-0.3, -0.25) is 0 Å². The Labute approximate surface area is 301 Å². The molecule has 0 saturated carbocycles. The SMILES string of the molecule is [2H]c1c([2H])c([2H])c2c(c1[2H])-c1c([2H])c(-c3c4c([2H])c([2H])c([2H])c([2H])c4c(-c4c([2H])c([2H])c5oc6c([2H])c([2H])c7c([2H])c([2H])c([2H])c([2H])c7c6c5c4[2H])c4c([2H])c([2H])c([2H])c([2H])c34)c([2H])c([2H])c1C2(C)C. The number of hydrogen-bond acceptors (Lipinski definition) is 1. The quantitative estimate of drug-likeness (QED) is 0.177. The summed E-state index contributed by atoms with van der Waals surface area (Å²) in [5, 5.41) is -4.17. The fraction of sp³-hybridized carbons (Fsp3) is 0.0667. The molecule has 1 nitrogen and oxygen atoms in total. The fourth-order valence-corrected chi connectivity index (χ4v) is 6.48. The molecule has 0 atom stereocenters. The van der Waals surface area contributed by atoms with Crippen LogP contribution in [0.3, 0.4) is 0 Å².